The number of carbonyl (C=O) groups is 1. The summed E-state index contributed by atoms with van der Waals surface area (Å²) in [6.07, 6.45) is 4.98. The molecule has 0 spiro atoms. The first kappa shape index (κ1) is 17.1. The minimum Gasteiger partial charge on any atom is -0.455 e. The Morgan fingerprint density at radius 1 is 1.12 bits per heavy atom. The van der Waals surface area contributed by atoms with Crippen molar-refractivity contribution in [1.29, 1.82) is 0 Å². The quantitative estimate of drug-likeness (QED) is 0.844. The van der Waals surface area contributed by atoms with Crippen molar-refractivity contribution in [2.24, 2.45) is 11.8 Å². The predicted octanol–water partition coefficient (Wildman–Crippen LogP) is 2.68. The zero-order chi connectivity index (χ0) is 17.4. The number of fused-ring (bicyclic) bond motifs is 4. The van der Waals surface area contributed by atoms with E-state index in [1.165, 1.54) is 25.7 Å². The predicted molar refractivity (Wildman–Crippen MR) is 97.4 cm³/mol. The second-order valence-corrected chi connectivity index (χ2v) is 8.47. The molecule has 0 aliphatic carbocycles. The third-order valence-corrected chi connectivity index (χ3v) is 6.40. The van der Waals surface area contributed by atoms with Gasteiger partial charge in [0.25, 0.3) is 5.91 Å². The van der Waals surface area contributed by atoms with Gasteiger partial charge >= 0.3 is 0 Å². The number of furan rings is 1. The Kier molecular flexibility index (Phi) is 4.87. The van der Waals surface area contributed by atoms with Crippen LogP contribution in [0.4, 0.5) is 0 Å². The maximum Gasteiger partial charge on any atom is 0.289 e. The van der Waals surface area contributed by atoms with Crippen molar-refractivity contribution in [3.05, 3.63) is 23.7 Å². The molecule has 0 saturated carbocycles. The van der Waals surface area contributed by atoms with Crippen LogP contribution in [-0.2, 0) is 6.54 Å². The molecule has 4 aliphatic heterocycles. The van der Waals surface area contributed by atoms with E-state index in [0.717, 1.165) is 50.9 Å². The standard InChI is InChI=1S/C20H31N3O2/c1-15-7-9-22(10-8-15)14-18-5-6-19(25-18)20(24)23-12-16-3-4-17(13-23)21(2)11-16/h5-6,15-17H,3-4,7-14H2,1-2H3/t16-,17-/m0/s1. The van der Waals surface area contributed by atoms with Gasteiger partial charge in [0.1, 0.15) is 5.76 Å². The van der Waals surface area contributed by atoms with Gasteiger partial charge < -0.3 is 14.2 Å². The highest BCUT2D eigenvalue weighted by atomic mass is 16.4. The summed E-state index contributed by atoms with van der Waals surface area (Å²) in [4.78, 5) is 19.8. The third-order valence-electron chi connectivity index (χ3n) is 6.40. The molecule has 5 nitrogen and oxygen atoms in total. The molecule has 1 aromatic rings. The van der Waals surface area contributed by atoms with E-state index in [1.54, 1.807) is 0 Å². The van der Waals surface area contributed by atoms with Gasteiger partial charge in [0.2, 0.25) is 0 Å². The fraction of sp³-hybridized carbons (Fsp3) is 0.750. The Hall–Kier alpha value is -1.33. The number of rotatable bonds is 3. The second-order valence-electron chi connectivity index (χ2n) is 8.47. The lowest BCUT2D eigenvalue weighted by atomic mass is 9.96. The van der Waals surface area contributed by atoms with Gasteiger partial charge in [0, 0.05) is 25.7 Å². The van der Waals surface area contributed by atoms with Crippen LogP contribution in [0, 0.1) is 11.8 Å². The number of nitrogens with zero attached hydrogens (tertiary/aromatic N) is 3. The van der Waals surface area contributed by atoms with Crippen molar-refractivity contribution >= 4 is 5.91 Å². The van der Waals surface area contributed by atoms with Gasteiger partial charge in [-0.15, -0.1) is 0 Å². The molecule has 1 amide bonds. The van der Waals surface area contributed by atoms with Gasteiger partial charge in [-0.25, -0.2) is 0 Å². The largest absolute Gasteiger partial charge is 0.455 e. The lowest BCUT2D eigenvalue weighted by Gasteiger charge is -2.32. The average Bonchev–Trinajstić information content (AvgIpc) is 2.88. The molecule has 5 heterocycles. The maximum atomic E-state index is 12.9. The summed E-state index contributed by atoms with van der Waals surface area (Å²) in [5, 5.41) is 0. The first-order valence-corrected chi connectivity index (χ1v) is 9.89. The summed E-state index contributed by atoms with van der Waals surface area (Å²) >= 11 is 0. The first-order valence-electron chi connectivity index (χ1n) is 9.89. The van der Waals surface area contributed by atoms with Crippen molar-refractivity contribution < 1.29 is 9.21 Å². The van der Waals surface area contributed by atoms with Crippen LogP contribution in [0.1, 0.15) is 48.9 Å². The van der Waals surface area contributed by atoms with E-state index in [9.17, 15) is 4.79 Å². The van der Waals surface area contributed by atoms with Gasteiger partial charge in [-0.2, -0.15) is 0 Å². The summed E-state index contributed by atoms with van der Waals surface area (Å²) in [5.41, 5.74) is 0. The average molecular weight is 345 g/mol. The molecule has 1 aromatic heterocycles. The molecule has 0 unspecified atom stereocenters. The Balaban J connectivity index is 1.39. The van der Waals surface area contributed by atoms with Crippen molar-refractivity contribution in [3.8, 4) is 0 Å². The Labute approximate surface area is 150 Å². The molecular weight excluding hydrogens is 314 g/mol. The fourth-order valence-electron chi connectivity index (χ4n) is 4.66. The van der Waals surface area contributed by atoms with Crippen molar-refractivity contribution in [2.45, 2.75) is 45.2 Å². The molecule has 0 N–H and O–H groups in total. The molecule has 4 saturated heterocycles. The normalized spacial score (nSPS) is 29.1. The van der Waals surface area contributed by atoms with E-state index >= 15 is 0 Å². The van der Waals surface area contributed by atoms with E-state index in [1.807, 2.05) is 17.0 Å². The number of amides is 1. The Bertz CT molecular complexity index is 606. The van der Waals surface area contributed by atoms with Crippen LogP contribution in [0.3, 0.4) is 0 Å². The van der Waals surface area contributed by atoms with E-state index in [0.29, 0.717) is 17.7 Å². The number of carbonyl (C=O) groups excluding carboxylic acids is 1. The topological polar surface area (TPSA) is 39.9 Å². The summed E-state index contributed by atoms with van der Waals surface area (Å²) in [7, 11) is 2.19. The molecular formula is C20H31N3O2. The second kappa shape index (κ2) is 7.12. The van der Waals surface area contributed by atoms with Gasteiger partial charge in [0.05, 0.1) is 6.54 Å². The van der Waals surface area contributed by atoms with Crippen LogP contribution in [0.2, 0.25) is 0 Å². The minimum atomic E-state index is 0.0747. The van der Waals surface area contributed by atoms with Crippen molar-refractivity contribution in [2.75, 3.05) is 39.8 Å². The lowest BCUT2D eigenvalue weighted by Crippen LogP contribution is -2.41. The van der Waals surface area contributed by atoms with Crippen molar-refractivity contribution in [3.63, 3.8) is 0 Å². The summed E-state index contributed by atoms with van der Waals surface area (Å²) in [5.74, 6) is 2.96. The molecule has 138 valence electrons. The molecule has 5 rings (SSSR count). The van der Waals surface area contributed by atoms with E-state index in [-0.39, 0.29) is 5.91 Å². The number of piperidine rings is 2. The van der Waals surface area contributed by atoms with Gasteiger partial charge in [-0.05, 0) is 69.8 Å². The third kappa shape index (κ3) is 3.77. The number of likely N-dealkylation sites (tertiary alicyclic amines) is 1. The van der Waals surface area contributed by atoms with E-state index < -0.39 is 0 Å². The minimum absolute atomic E-state index is 0.0747. The highest BCUT2D eigenvalue weighted by Gasteiger charge is 2.35. The molecule has 0 aromatic carbocycles. The van der Waals surface area contributed by atoms with Crippen LogP contribution < -0.4 is 0 Å². The summed E-state index contributed by atoms with van der Waals surface area (Å²) < 4.78 is 5.94. The van der Waals surface area contributed by atoms with Crippen LogP contribution in [0.25, 0.3) is 0 Å². The van der Waals surface area contributed by atoms with Crippen LogP contribution in [0.5, 0.6) is 0 Å². The summed E-state index contributed by atoms with van der Waals surface area (Å²) in [6.45, 7) is 8.25. The first-order chi connectivity index (χ1) is 12.1. The van der Waals surface area contributed by atoms with E-state index in [2.05, 4.69) is 23.8 Å². The lowest BCUT2D eigenvalue weighted by molar-refractivity contribution is 0.0705. The number of hydrogen-bond donors (Lipinski definition) is 0. The van der Waals surface area contributed by atoms with Gasteiger partial charge in [-0.3, -0.25) is 9.69 Å². The molecule has 4 fully saturated rings. The monoisotopic (exact) mass is 345 g/mol. The van der Waals surface area contributed by atoms with E-state index in [4.69, 9.17) is 4.42 Å². The highest BCUT2D eigenvalue weighted by Crippen LogP contribution is 2.28. The SMILES string of the molecule is CC1CCN(Cc2ccc(C(=O)N3C[C@H]4CC[C@@H](C3)N(C)C4)o2)CC1. The molecule has 25 heavy (non-hydrogen) atoms. The Morgan fingerprint density at radius 3 is 2.68 bits per heavy atom. The zero-order valence-corrected chi connectivity index (χ0v) is 15.6. The fourth-order valence-corrected chi connectivity index (χ4v) is 4.66. The molecule has 5 heteroatoms. The highest BCUT2D eigenvalue weighted by molar-refractivity contribution is 5.91. The Morgan fingerprint density at radius 2 is 1.92 bits per heavy atom. The summed E-state index contributed by atoms with van der Waals surface area (Å²) in [6, 6.07) is 4.37. The van der Waals surface area contributed by atoms with Crippen LogP contribution in [0.15, 0.2) is 16.5 Å². The molecule has 0 radical (unpaired) electrons. The number of likely N-dealkylation sites (N-methyl/N-ethyl adjacent to an activating group) is 1. The van der Waals surface area contributed by atoms with Gasteiger partial charge in [-0.1, -0.05) is 6.92 Å². The number of hydrogen-bond acceptors (Lipinski definition) is 4. The van der Waals surface area contributed by atoms with Crippen LogP contribution >= 0.6 is 0 Å². The maximum absolute atomic E-state index is 12.9. The smallest absolute Gasteiger partial charge is 0.289 e. The van der Waals surface area contributed by atoms with Gasteiger partial charge in [0.15, 0.2) is 5.76 Å². The zero-order valence-electron chi connectivity index (χ0n) is 15.6. The van der Waals surface area contributed by atoms with Crippen molar-refractivity contribution in [1.82, 2.24) is 14.7 Å². The molecule has 4 aliphatic rings. The molecule has 2 bridgehead atoms. The van der Waals surface area contributed by atoms with Crippen LogP contribution in [-0.4, -0.2) is 66.4 Å². The molecule has 2 atom stereocenters.